The normalized spacial score (nSPS) is 10.7. The summed E-state index contributed by atoms with van der Waals surface area (Å²) >= 11 is 0. The van der Waals surface area contributed by atoms with Gasteiger partial charge in [0, 0.05) is 31.3 Å². The van der Waals surface area contributed by atoms with Gasteiger partial charge in [-0.15, -0.1) is 24.0 Å². The van der Waals surface area contributed by atoms with E-state index < -0.39 is 11.6 Å². The lowest BCUT2D eigenvalue weighted by molar-refractivity contribution is 0.318. The van der Waals surface area contributed by atoms with E-state index in [2.05, 4.69) is 15.6 Å². The van der Waals surface area contributed by atoms with Crippen LogP contribution in [-0.4, -0.2) is 40.4 Å². The first kappa shape index (κ1) is 23.7. The third-order valence-corrected chi connectivity index (χ3v) is 3.72. The van der Waals surface area contributed by atoms with Gasteiger partial charge in [0.2, 0.25) is 0 Å². The Bertz CT molecular complexity index is 791. The van der Waals surface area contributed by atoms with Crippen molar-refractivity contribution in [3.63, 3.8) is 0 Å². The maximum absolute atomic E-state index is 13.1. The fourth-order valence-corrected chi connectivity index (χ4v) is 2.30. The number of guanidine groups is 1. The van der Waals surface area contributed by atoms with E-state index in [0.717, 1.165) is 17.7 Å². The monoisotopic (exact) mass is 507 g/mol. The SMILES string of the molecule is CN=C(NCCOc1ccc(F)c(F)c1)NCc1ccc(OC)cc1OC.I. The Kier molecular flexibility index (Phi) is 10.4. The second-order valence-corrected chi connectivity index (χ2v) is 5.45. The van der Waals surface area contributed by atoms with Crippen LogP contribution in [0.15, 0.2) is 41.4 Å². The first-order chi connectivity index (χ1) is 13.1. The maximum atomic E-state index is 13.1. The van der Waals surface area contributed by atoms with Crippen LogP contribution in [0.25, 0.3) is 0 Å². The largest absolute Gasteiger partial charge is 0.497 e. The molecule has 0 unspecified atom stereocenters. The van der Waals surface area contributed by atoms with Gasteiger partial charge in [-0.2, -0.15) is 0 Å². The van der Waals surface area contributed by atoms with Crippen LogP contribution in [0.3, 0.4) is 0 Å². The highest BCUT2D eigenvalue weighted by molar-refractivity contribution is 14.0. The van der Waals surface area contributed by atoms with Crippen LogP contribution in [0.5, 0.6) is 17.2 Å². The molecule has 0 saturated carbocycles. The standard InChI is InChI=1S/C19H23F2N3O3.HI/c1-22-19(23-8-9-27-15-6-7-16(20)17(21)10-15)24-12-13-4-5-14(25-2)11-18(13)26-3;/h4-7,10-11H,8-9,12H2,1-3H3,(H2,22,23,24);1H. The summed E-state index contributed by atoms with van der Waals surface area (Å²) in [5.74, 6) is 0.417. The molecule has 0 heterocycles. The molecule has 0 aliphatic carbocycles. The zero-order chi connectivity index (χ0) is 19.6. The highest BCUT2D eigenvalue weighted by Crippen LogP contribution is 2.24. The van der Waals surface area contributed by atoms with E-state index in [-0.39, 0.29) is 36.3 Å². The van der Waals surface area contributed by atoms with E-state index in [1.807, 2.05) is 18.2 Å². The molecule has 0 aliphatic rings. The van der Waals surface area contributed by atoms with Crippen molar-refractivity contribution < 1.29 is 23.0 Å². The summed E-state index contributed by atoms with van der Waals surface area (Å²) in [6, 6.07) is 8.99. The van der Waals surface area contributed by atoms with E-state index in [9.17, 15) is 8.78 Å². The molecule has 9 heteroatoms. The fraction of sp³-hybridized carbons (Fsp3) is 0.316. The molecule has 2 aromatic carbocycles. The van der Waals surface area contributed by atoms with E-state index in [4.69, 9.17) is 14.2 Å². The quantitative estimate of drug-likeness (QED) is 0.249. The van der Waals surface area contributed by atoms with Crippen molar-refractivity contribution in [1.82, 2.24) is 10.6 Å². The topological polar surface area (TPSA) is 64.1 Å². The molecule has 0 radical (unpaired) electrons. The van der Waals surface area contributed by atoms with E-state index >= 15 is 0 Å². The predicted octanol–water partition coefficient (Wildman–Crippen LogP) is 3.34. The molecule has 0 fully saturated rings. The molecule has 6 nitrogen and oxygen atoms in total. The van der Waals surface area contributed by atoms with Crippen LogP contribution in [0, 0.1) is 11.6 Å². The molecule has 2 aromatic rings. The molecule has 2 N–H and O–H groups in total. The summed E-state index contributed by atoms with van der Waals surface area (Å²) in [6.45, 7) is 1.19. The summed E-state index contributed by atoms with van der Waals surface area (Å²) in [5, 5.41) is 6.24. The molecule has 0 aliphatic heterocycles. The summed E-state index contributed by atoms with van der Waals surface area (Å²) in [7, 11) is 4.85. The number of hydrogen-bond donors (Lipinski definition) is 2. The number of benzene rings is 2. The number of aliphatic imine (C=N–C) groups is 1. The zero-order valence-electron chi connectivity index (χ0n) is 15.9. The van der Waals surface area contributed by atoms with Crippen LogP contribution in [0.1, 0.15) is 5.56 Å². The zero-order valence-corrected chi connectivity index (χ0v) is 18.3. The highest BCUT2D eigenvalue weighted by Gasteiger charge is 2.07. The van der Waals surface area contributed by atoms with Gasteiger partial charge in [0.1, 0.15) is 23.9 Å². The van der Waals surface area contributed by atoms with Crippen molar-refractivity contribution >= 4 is 29.9 Å². The third kappa shape index (κ3) is 7.02. The number of hydrogen-bond acceptors (Lipinski definition) is 4. The summed E-state index contributed by atoms with van der Waals surface area (Å²) in [4.78, 5) is 4.13. The number of methoxy groups -OCH3 is 2. The van der Waals surface area contributed by atoms with Crippen molar-refractivity contribution in [3.05, 3.63) is 53.6 Å². The summed E-state index contributed by atoms with van der Waals surface area (Å²) in [6.07, 6.45) is 0. The molecule has 0 spiro atoms. The minimum atomic E-state index is -0.939. The van der Waals surface area contributed by atoms with Gasteiger partial charge in [0.15, 0.2) is 17.6 Å². The Morgan fingerprint density at radius 1 is 0.964 bits per heavy atom. The minimum Gasteiger partial charge on any atom is -0.497 e. The summed E-state index contributed by atoms with van der Waals surface area (Å²) < 4.78 is 41.9. The van der Waals surface area contributed by atoms with Gasteiger partial charge >= 0.3 is 0 Å². The first-order valence-electron chi connectivity index (χ1n) is 8.30. The number of nitrogens with zero attached hydrogens (tertiary/aromatic N) is 1. The lowest BCUT2D eigenvalue weighted by atomic mass is 10.2. The van der Waals surface area contributed by atoms with Gasteiger partial charge in [0.05, 0.1) is 20.8 Å². The second kappa shape index (κ2) is 12.2. The highest BCUT2D eigenvalue weighted by atomic mass is 127. The lowest BCUT2D eigenvalue weighted by Crippen LogP contribution is -2.38. The van der Waals surface area contributed by atoms with Crippen LogP contribution in [0.2, 0.25) is 0 Å². The van der Waals surface area contributed by atoms with E-state index in [1.165, 1.54) is 6.07 Å². The average Bonchev–Trinajstić information content (AvgIpc) is 2.69. The van der Waals surface area contributed by atoms with Crippen molar-refractivity contribution in [1.29, 1.82) is 0 Å². The fourth-order valence-electron chi connectivity index (χ4n) is 2.30. The van der Waals surface area contributed by atoms with Gasteiger partial charge in [-0.1, -0.05) is 0 Å². The molecule has 0 bridgehead atoms. The van der Waals surface area contributed by atoms with Crippen LogP contribution in [-0.2, 0) is 6.54 Å². The van der Waals surface area contributed by atoms with Crippen molar-refractivity contribution in [2.75, 3.05) is 34.4 Å². The van der Waals surface area contributed by atoms with Gasteiger partial charge in [-0.3, -0.25) is 4.99 Å². The molecule has 154 valence electrons. The number of ether oxygens (including phenoxy) is 3. The number of nitrogens with one attached hydrogen (secondary N) is 2. The van der Waals surface area contributed by atoms with E-state index in [0.29, 0.717) is 30.5 Å². The summed E-state index contributed by atoms with van der Waals surface area (Å²) in [5.41, 5.74) is 0.944. The van der Waals surface area contributed by atoms with Crippen molar-refractivity contribution in [3.8, 4) is 17.2 Å². The molecule has 0 amide bonds. The Morgan fingerprint density at radius 2 is 1.71 bits per heavy atom. The Hall–Kier alpha value is -2.30. The smallest absolute Gasteiger partial charge is 0.191 e. The minimum absolute atomic E-state index is 0. The Labute approximate surface area is 180 Å². The van der Waals surface area contributed by atoms with Gasteiger partial charge in [-0.05, 0) is 24.3 Å². The molecular weight excluding hydrogens is 483 g/mol. The number of halogens is 3. The molecule has 0 saturated heterocycles. The molecule has 2 rings (SSSR count). The van der Waals surface area contributed by atoms with Crippen molar-refractivity contribution in [2.45, 2.75) is 6.54 Å². The van der Waals surface area contributed by atoms with Gasteiger partial charge in [0.25, 0.3) is 0 Å². The predicted molar refractivity (Wildman–Crippen MR) is 115 cm³/mol. The third-order valence-electron chi connectivity index (χ3n) is 3.72. The van der Waals surface area contributed by atoms with Gasteiger partial charge in [-0.25, -0.2) is 8.78 Å². The van der Waals surface area contributed by atoms with E-state index in [1.54, 1.807) is 21.3 Å². The average molecular weight is 507 g/mol. The van der Waals surface area contributed by atoms with Gasteiger partial charge < -0.3 is 24.8 Å². The maximum Gasteiger partial charge on any atom is 0.191 e. The molecule has 0 atom stereocenters. The lowest BCUT2D eigenvalue weighted by Gasteiger charge is -2.15. The number of rotatable bonds is 8. The Morgan fingerprint density at radius 3 is 2.36 bits per heavy atom. The first-order valence-corrected chi connectivity index (χ1v) is 8.30. The van der Waals surface area contributed by atoms with Crippen LogP contribution < -0.4 is 24.8 Å². The van der Waals surface area contributed by atoms with Crippen LogP contribution >= 0.6 is 24.0 Å². The van der Waals surface area contributed by atoms with Crippen LogP contribution in [0.4, 0.5) is 8.78 Å². The molecule has 28 heavy (non-hydrogen) atoms. The Balaban J connectivity index is 0.00000392. The molecular formula is C19H24F2IN3O3. The van der Waals surface area contributed by atoms with Crippen molar-refractivity contribution in [2.24, 2.45) is 4.99 Å². The second-order valence-electron chi connectivity index (χ2n) is 5.45. The molecule has 0 aromatic heterocycles.